The van der Waals surface area contributed by atoms with Crippen molar-refractivity contribution in [1.82, 2.24) is 10.2 Å². The standard InChI is InChI=1S/C20H38N2/c1-20(2,3)18-15-17-12-7-13-21-19(17)22(18)14-8-11-16-9-5-4-6-10-16/h16-19,21H,4-15H2,1-3H3. The molecule has 2 heteroatoms. The third-order valence-electron chi connectivity index (χ3n) is 6.59. The lowest BCUT2D eigenvalue weighted by molar-refractivity contribution is 0.0783. The van der Waals surface area contributed by atoms with Crippen LogP contribution in [-0.2, 0) is 0 Å². The molecular weight excluding hydrogens is 268 g/mol. The van der Waals surface area contributed by atoms with Crippen LogP contribution < -0.4 is 5.32 Å². The summed E-state index contributed by atoms with van der Waals surface area (Å²) in [6.07, 6.45) is 15.3. The summed E-state index contributed by atoms with van der Waals surface area (Å²) in [5, 5.41) is 3.85. The van der Waals surface area contributed by atoms with E-state index in [1.165, 1.54) is 77.3 Å². The number of fused-ring (bicyclic) bond motifs is 1. The number of likely N-dealkylation sites (tertiary alicyclic amines) is 1. The minimum atomic E-state index is 0.420. The van der Waals surface area contributed by atoms with Crippen LogP contribution in [0.2, 0.25) is 0 Å². The van der Waals surface area contributed by atoms with Crippen LogP contribution in [0, 0.1) is 17.3 Å². The number of nitrogens with zero attached hydrogens (tertiary/aromatic N) is 1. The van der Waals surface area contributed by atoms with Crippen molar-refractivity contribution < 1.29 is 0 Å². The highest BCUT2D eigenvalue weighted by Crippen LogP contribution is 2.41. The largest absolute Gasteiger partial charge is 0.301 e. The molecule has 0 aromatic carbocycles. The predicted octanol–water partition coefficient (Wildman–Crippen LogP) is 4.79. The quantitative estimate of drug-likeness (QED) is 0.803. The second-order valence-electron chi connectivity index (χ2n) is 9.30. The van der Waals surface area contributed by atoms with E-state index < -0.39 is 0 Å². The van der Waals surface area contributed by atoms with E-state index in [2.05, 4.69) is 31.0 Å². The van der Waals surface area contributed by atoms with Crippen LogP contribution in [0.5, 0.6) is 0 Å². The molecule has 128 valence electrons. The molecule has 0 aromatic rings. The summed E-state index contributed by atoms with van der Waals surface area (Å²) < 4.78 is 0. The van der Waals surface area contributed by atoms with Gasteiger partial charge in [-0.2, -0.15) is 0 Å². The van der Waals surface area contributed by atoms with Gasteiger partial charge in [0.05, 0.1) is 6.17 Å². The average molecular weight is 307 g/mol. The Morgan fingerprint density at radius 2 is 1.77 bits per heavy atom. The van der Waals surface area contributed by atoms with Crippen molar-refractivity contribution in [3.63, 3.8) is 0 Å². The Morgan fingerprint density at radius 3 is 2.50 bits per heavy atom. The molecule has 3 aliphatic rings. The zero-order valence-electron chi connectivity index (χ0n) is 15.2. The van der Waals surface area contributed by atoms with Gasteiger partial charge in [-0.3, -0.25) is 4.90 Å². The lowest BCUT2D eigenvalue weighted by Crippen LogP contribution is -2.52. The number of nitrogens with one attached hydrogen (secondary N) is 1. The van der Waals surface area contributed by atoms with Gasteiger partial charge < -0.3 is 5.32 Å². The van der Waals surface area contributed by atoms with E-state index in [1.807, 2.05) is 0 Å². The number of hydrogen-bond acceptors (Lipinski definition) is 2. The van der Waals surface area contributed by atoms with Gasteiger partial charge >= 0.3 is 0 Å². The maximum absolute atomic E-state index is 3.85. The topological polar surface area (TPSA) is 15.3 Å². The fraction of sp³-hybridized carbons (Fsp3) is 1.00. The Balaban J connectivity index is 1.55. The molecule has 0 aromatic heterocycles. The monoisotopic (exact) mass is 306 g/mol. The van der Waals surface area contributed by atoms with Crippen molar-refractivity contribution >= 4 is 0 Å². The molecule has 3 fully saturated rings. The van der Waals surface area contributed by atoms with Crippen LogP contribution in [-0.4, -0.2) is 30.2 Å². The molecule has 3 unspecified atom stereocenters. The van der Waals surface area contributed by atoms with E-state index in [4.69, 9.17) is 0 Å². The van der Waals surface area contributed by atoms with Gasteiger partial charge in [-0.1, -0.05) is 52.9 Å². The van der Waals surface area contributed by atoms with E-state index >= 15 is 0 Å². The molecule has 0 amide bonds. The third kappa shape index (κ3) is 3.87. The van der Waals surface area contributed by atoms with Gasteiger partial charge in [-0.25, -0.2) is 0 Å². The maximum Gasteiger partial charge on any atom is 0.0629 e. The summed E-state index contributed by atoms with van der Waals surface area (Å²) >= 11 is 0. The van der Waals surface area contributed by atoms with E-state index in [0.717, 1.165) is 17.9 Å². The lowest BCUT2D eigenvalue weighted by atomic mass is 9.82. The Bertz CT molecular complexity index is 340. The first kappa shape index (κ1) is 16.8. The van der Waals surface area contributed by atoms with Gasteiger partial charge in [-0.15, -0.1) is 0 Å². The Kier molecular flexibility index (Phi) is 5.50. The first-order chi connectivity index (χ1) is 10.6. The van der Waals surface area contributed by atoms with Crippen molar-refractivity contribution in [3.8, 4) is 0 Å². The fourth-order valence-electron chi connectivity index (χ4n) is 5.37. The molecule has 0 spiro atoms. The zero-order chi connectivity index (χ0) is 15.6. The molecule has 2 nitrogen and oxygen atoms in total. The van der Waals surface area contributed by atoms with Crippen molar-refractivity contribution in [3.05, 3.63) is 0 Å². The van der Waals surface area contributed by atoms with Gasteiger partial charge in [0.2, 0.25) is 0 Å². The van der Waals surface area contributed by atoms with Gasteiger partial charge in [0.15, 0.2) is 0 Å². The van der Waals surface area contributed by atoms with Crippen molar-refractivity contribution in [2.45, 2.75) is 97.2 Å². The summed E-state index contributed by atoms with van der Waals surface area (Å²) in [5.74, 6) is 1.95. The van der Waals surface area contributed by atoms with Gasteiger partial charge in [-0.05, 0) is 62.4 Å². The van der Waals surface area contributed by atoms with Crippen LogP contribution in [0.25, 0.3) is 0 Å². The highest BCUT2D eigenvalue weighted by atomic mass is 15.3. The highest BCUT2D eigenvalue weighted by Gasteiger charge is 2.45. The van der Waals surface area contributed by atoms with Crippen molar-refractivity contribution in [1.29, 1.82) is 0 Å². The molecule has 22 heavy (non-hydrogen) atoms. The second kappa shape index (κ2) is 7.21. The predicted molar refractivity (Wildman–Crippen MR) is 94.9 cm³/mol. The summed E-state index contributed by atoms with van der Waals surface area (Å²) in [5.41, 5.74) is 0.420. The minimum Gasteiger partial charge on any atom is -0.301 e. The molecule has 1 saturated carbocycles. The summed E-state index contributed by atoms with van der Waals surface area (Å²) in [7, 11) is 0. The second-order valence-corrected chi connectivity index (χ2v) is 9.30. The van der Waals surface area contributed by atoms with E-state index in [0.29, 0.717) is 11.6 Å². The molecule has 1 N–H and O–H groups in total. The van der Waals surface area contributed by atoms with Crippen LogP contribution in [0.3, 0.4) is 0 Å². The normalized spacial score (nSPS) is 34.8. The molecule has 0 bridgehead atoms. The van der Waals surface area contributed by atoms with Crippen LogP contribution in [0.4, 0.5) is 0 Å². The maximum atomic E-state index is 3.85. The van der Waals surface area contributed by atoms with Crippen LogP contribution in [0.1, 0.15) is 85.0 Å². The Hall–Kier alpha value is -0.0800. The molecule has 1 aliphatic carbocycles. The van der Waals surface area contributed by atoms with Crippen LogP contribution in [0.15, 0.2) is 0 Å². The Morgan fingerprint density at radius 1 is 1.00 bits per heavy atom. The number of piperidine rings is 1. The van der Waals surface area contributed by atoms with Crippen molar-refractivity contribution in [2.24, 2.45) is 17.3 Å². The third-order valence-corrected chi connectivity index (χ3v) is 6.59. The number of hydrogen-bond donors (Lipinski definition) is 1. The van der Waals surface area contributed by atoms with Gasteiger partial charge in [0, 0.05) is 6.04 Å². The van der Waals surface area contributed by atoms with E-state index in [-0.39, 0.29) is 0 Å². The molecule has 2 saturated heterocycles. The van der Waals surface area contributed by atoms with Gasteiger partial charge in [0.1, 0.15) is 0 Å². The lowest BCUT2D eigenvalue weighted by Gasteiger charge is -2.39. The Labute approximate surface area is 138 Å². The molecule has 2 aliphatic heterocycles. The first-order valence-electron chi connectivity index (χ1n) is 10.0. The van der Waals surface area contributed by atoms with Crippen LogP contribution >= 0.6 is 0 Å². The SMILES string of the molecule is CC(C)(C)C1CC2CCCNC2N1CCCC1CCCCC1. The molecule has 0 radical (unpaired) electrons. The molecule has 3 atom stereocenters. The molecule has 2 heterocycles. The highest BCUT2D eigenvalue weighted by molar-refractivity contribution is 4.98. The first-order valence-corrected chi connectivity index (χ1v) is 10.0. The summed E-state index contributed by atoms with van der Waals surface area (Å²) in [6.45, 7) is 9.90. The smallest absolute Gasteiger partial charge is 0.0629 e. The summed E-state index contributed by atoms with van der Waals surface area (Å²) in [4.78, 5) is 2.87. The fourth-order valence-corrected chi connectivity index (χ4v) is 5.37. The van der Waals surface area contributed by atoms with E-state index in [9.17, 15) is 0 Å². The molecule has 3 rings (SSSR count). The number of rotatable bonds is 4. The average Bonchev–Trinajstić information content (AvgIpc) is 2.88. The van der Waals surface area contributed by atoms with E-state index in [1.54, 1.807) is 0 Å². The van der Waals surface area contributed by atoms with Gasteiger partial charge in [0.25, 0.3) is 0 Å². The summed E-state index contributed by atoms with van der Waals surface area (Å²) in [6, 6.07) is 0.777. The zero-order valence-corrected chi connectivity index (χ0v) is 15.2. The van der Waals surface area contributed by atoms with Crippen molar-refractivity contribution in [2.75, 3.05) is 13.1 Å². The minimum absolute atomic E-state index is 0.420. The molecular formula is C20H38N2.